The lowest BCUT2D eigenvalue weighted by molar-refractivity contribution is -0.139. The molecule has 0 fully saturated rings. The number of nitrogens with two attached hydrogens (primary N) is 1. The summed E-state index contributed by atoms with van der Waals surface area (Å²) in [5, 5.41) is 12.5. The predicted octanol–water partition coefficient (Wildman–Crippen LogP) is 1.16. The first-order chi connectivity index (χ1) is 8.50. The number of primary amides is 1. The number of carboxylic acid groups (broad SMARTS) is 1. The Balaban J connectivity index is 2.34. The van der Waals surface area contributed by atoms with Crippen molar-refractivity contribution in [1.82, 2.24) is 0 Å². The van der Waals surface area contributed by atoms with Crippen LogP contribution in [0, 0.1) is 5.92 Å². The highest BCUT2D eigenvalue weighted by molar-refractivity contribution is 5.82. The summed E-state index contributed by atoms with van der Waals surface area (Å²) in [5.74, 6) is -2.28. The van der Waals surface area contributed by atoms with Crippen molar-refractivity contribution < 1.29 is 14.7 Å². The summed E-state index contributed by atoms with van der Waals surface area (Å²) < 4.78 is 0. The molecular weight excluding hydrogens is 232 g/mol. The Labute approximate surface area is 105 Å². The first-order valence-electron chi connectivity index (χ1n) is 5.88. The van der Waals surface area contributed by atoms with Gasteiger partial charge < -0.3 is 16.2 Å². The standard InChI is InChI=1S/C13H16N2O3/c1-7(12(14)16)11-6-9(13(17)18)8-4-2-3-5-10(8)15-11/h2-5,7,9,11,15H,6H2,1H3,(H2,14,16)(H,17,18). The number of hydrogen-bond donors (Lipinski definition) is 3. The smallest absolute Gasteiger partial charge is 0.311 e. The molecule has 5 nitrogen and oxygen atoms in total. The summed E-state index contributed by atoms with van der Waals surface area (Å²) in [6, 6.07) is 7.03. The van der Waals surface area contributed by atoms with E-state index in [1.165, 1.54) is 0 Å². The fourth-order valence-corrected chi connectivity index (χ4v) is 2.33. The van der Waals surface area contributed by atoms with Gasteiger partial charge in [0.15, 0.2) is 0 Å². The maximum Gasteiger partial charge on any atom is 0.311 e. The van der Waals surface area contributed by atoms with E-state index in [0.29, 0.717) is 6.42 Å². The molecule has 96 valence electrons. The molecule has 1 heterocycles. The van der Waals surface area contributed by atoms with E-state index in [1.54, 1.807) is 13.0 Å². The monoisotopic (exact) mass is 248 g/mol. The van der Waals surface area contributed by atoms with Crippen molar-refractivity contribution in [3.8, 4) is 0 Å². The average Bonchev–Trinajstić information content (AvgIpc) is 2.36. The Hall–Kier alpha value is -2.04. The number of fused-ring (bicyclic) bond motifs is 1. The van der Waals surface area contributed by atoms with Crippen LogP contribution in [0.1, 0.15) is 24.8 Å². The second kappa shape index (κ2) is 4.68. The summed E-state index contributed by atoms with van der Waals surface area (Å²) in [7, 11) is 0. The lowest BCUT2D eigenvalue weighted by Crippen LogP contribution is -2.41. The Morgan fingerprint density at radius 1 is 1.44 bits per heavy atom. The Kier molecular flexibility index (Phi) is 3.23. The molecule has 0 spiro atoms. The third-order valence-corrected chi connectivity index (χ3v) is 3.52. The Bertz CT molecular complexity index is 487. The quantitative estimate of drug-likeness (QED) is 0.748. The van der Waals surface area contributed by atoms with Crippen molar-refractivity contribution in [3.63, 3.8) is 0 Å². The van der Waals surface area contributed by atoms with Gasteiger partial charge >= 0.3 is 5.97 Å². The maximum atomic E-state index is 11.3. The van der Waals surface area contributed by atoms with Crippen LogP contribution in [-0.4, -0.2) is 23.0 Å². The highest BCUT2D eigenvalue weighted by Gasteiger charge is 2.35. The molecule has 3 unspecified atom stereocenters. The van der Waals surface area contributed by atoms with Crippen molar-refractivity contribution in [2.24, 2.45) is 11.7 Å². The minimum absolute atomic E-state index is 0.238. The van der Waals surface area contributed by atoms with Gasteiger partial charge in [0.05, 0.1) is 11.8 Å². The Morgan fingerprint density at radius 2 is 2.11 bits per heavy atom. The number of hydrogen-bond acceptors (Lipinski definition) is 3. The molecular formula is C13H16N2O3. The number of aliphatic carboxylic acids is 1. The van der Waals surface area contributed by atoms with Crippen LogP contribution in [0.2, 0.25) is 0 Å². The van der Waals surface area contributed by atoms with Gasteiger partial charge in [-0.3, -0.25) is 9.59 Å². The van der Waals surface area contributed by atoms with Crippen molar-refractivity contribution in [1.29, 1.82) is 0 Å². The van der Waals surface area contributed by atoms with Crippen LogP contribution in [0.25, 0.3) is 0 Å². The van der Waals surface area contributed by atoms with Crippen molar-refractivity contribution in [3.05, 3.63) is 29.8 Å². The Morgan fingerprint density at radius 3 is 2.72 bits per heavy atom. The van der Waals surface area contributed by atoms with Crippen molar-refractivity contribution >= 4 is 17.6 Å². The van der Waals surface area contributed by atoms with Gasteiger partial charge in [-0.2, -0.15) is 0 Å². The molecule has 5 heteroatoms. The number of para-hydroxylation sites is 1. The van der Waals surface area contributed by atoms with E-state index in [1.807, 2.05) is 18.2 Å². The topological polar surface area (TPSA) is 92.4 Å². The van der Waals surface area contributed by atoms with Crippen LogP contribution in [0.3, 0.4) is 0 Å². The van der Waals surface area contributed by atoms with Crippen LogP contribution < -0.4 is 11.1 Å². The highest BCUT2D eigenvalue weighted by Crippen LogP contribution is 2.36. The first kappa shape index (κ1) is 12.4. The van der Waals surface area contributed by atoms with E-state index >= 15 is 0 Å². The molecule has 0 bridgehead atoms. The van der Waals surface area contributed by atoms with E-state index in [9.17, 15) is 14.7 Å². The fraction of sp³-hybridized carbons (Fsp3) is 0.385. The zero-order valence-corrected chi connectivity index (χ0v) is 10.1. The summed E-state index contributed by atoms with van der Waals surface area (Å²) in [5.41, 5.74) is 6.82. The third kappa shape index (κ3) is 2.16. The van der Waals surface area contributed by atoms with E-state index in [4.69, 9.17) is 5.73 Å². The summed E-state index contributed by atoms with van der Waals surface area (Å²) in [6.45, 7) is 1.72. The van der Waals surface area contributed by atoms with Crippen LogP contribution in [0.4, 0.5) is 5.69 Å². The van der Waals surface area contributed by atoms with Gasteiger partial charge in [0, 0.05) is 11.7 Å². The van der Waals surface area contributed by atoms with E-state index in [0.717, 1.165) is 11.3 Å². The molecule has 0 saturated carbocycles. The van der Waals surface area contributed by atoms with Crippen LogP contribution in [-0.2, 0) is 9.59 Å². The number of anilines is 1. The molecule has 1 aromatic rings. The van der Waals surface area contributed by atoms with Gasteiger partial charge in [0.1, 0.15) is 0 Å². The summed E-state index contributed by atoms with van der Waals surface area (Å²) in [4.78, 5) is 22.5. The second-order valence-electron chi connectivity index (χ2n) is 4.66. The van der Waals surface area contributed by atoms with Gasteiger partial charge in [-0.1, -0.05) is 25.1 Å². The van der Waals surface area contributed by atoms with Crippen molar-refractivity contribution in [2.75, 3.05) is 5.32 Å². The second-order valence-corrected chi connectivity index (χ2v) is 4.66. The summed E-state index contributed by atoms with van der Waals surface area (Å²) in [6.07, 6.45) is 0.371. The normalized spacial score (nSPS) is 23.6. The molecule has 1 aromatic carbocycles. The first-order valence-corrected chi connectivity index (χ1v) is 5.88. The van der Waals surface area contributed by atoms with Crippen LogP contribution in [0.5, 0.6) is 0 Å². The lowest BCUT2D eigenvalue weighted by atomic mass is 9.82. The van der Waals surface area contributed by atoms with E-state index in [-0.39, 0.29) is 6.04 Å². The minimum atomic E-state index is -0.870. The lowest BCUT2D eigenvalue weighted by Gasteiger charge is -2.33. The molecule has 0 saturated heterocycles. The number of rotatable bonds is 3. The average molecular weight is 248 g/mol. The highest BCUT2D eigenvalue weighted by atomic mass is 16.4. The number of carbonyl (C=O) groups is 2. The largest absolute Gasteiger partial charge is 0.481 e. The molecule has 0 radical (unpaired) electrons. The zero-order chi connectivity index (χ0) is 13.3. The fourth-order valence-electron chi connectivity index (χ4n) is 2.33. The van der Waals surface area contributed by atoms with Gasteiger partial charge in [-0.15, -0.1) is 0 Å². The minimum Gasteiger partial charge on any atom is -0.481 e. The van der Waals surface area contributed by atoms with Crippen LogP contribution >= 0.6 is 0 Å². The SMILES string of the molecule is CC(C(N)=O)C1CC(C(=O)O)c2ccccc2N1. The molecule has 1 aliphatic heterocycles. The molecule has 1 amide bonds. The van der Waals surface area contributed by atoms with Gasteiger partial charge in [0.2, 0.25) is 5.91 Å². The van der Waals surface area contributed by atoms with Gasteiger partial charge in [-0.05, 0) is 18.1 Å². The molecule has 18 heavy (non-hydrogen) atoms. The third-order valence-electron chi connectivity index (χ3n) is 3.52. The molecule has 4 N–H and O–H groups in total. The molecule has 2 rings (SSSR count). The zero-order valence-electron chi connectivity index (χ0n) is 10.1. The molecule has 0 aromatic heterocycles. The van der Waals surface area contributed by atoms with Crippen LogP contribution in [0.15, 0.2) is 24.3 Å². The number of carbonyl (C=O) groups excluding carboxylic acids is 1. The molecule has 1 aliphatic rings. The van der Waals surface area contributed by atoms with Gasteiger partial charge in [0.25, 0.3) is 0 Å². The number of benzene rings is 1. The van der Waals surface area contributed by atoms with E-state index < -0.39 is 23.7 Å². The van der Waals surface area contributed by atoms with Gasteiger partial charge in [-0.25, -0.2) is 0 Å². The van der Waals surface area contributed by atoms with E-state index in [2.05, 4.69) is 5.32 Å². The molecule has 0 aliphatic carbocycles. The maximum absolute atomic E-state index is 11.3. The molecule has 3 atom stereocenters. The number of carboxylic acids is 1. The summed E-state index contributed by atoms with van der Waals surface area (Å²) >= 11 is 0. The van der Waals surface area contributed by atoms with Crippen molar-refractivity contribution in [2.45, 2.75) is 25.3 Å². The number of amides is 1. The number of nitrogens with one attached hydrogen (secondary N) is 1. The predicted molar refractivity (Wildman–Crippen MR) is 67.2 cm³/mol.